The molecule has 0 radical (unpaired) electrons. The summed E-state index contributed by atoms with van der Waals surface area (Å²) in [7, 11) is 5.96. The zero-order valence-corrected chi connectivity index (χ0v) is 12.1. The van der Waals surface area contributed by atoms with Crippen LogP contribution in [0.1, 0.15) is 31.4 Å². The van der Waals surface area contributed by atoms with E-state index in [0.717, 1.165) is 18.8 Å². The molecule has 0 bridgehead atoms. The minimum Gasteiger partial charge on any atom is -0.496 e. The molecule has 0 aromatic heterocycles. The number of hydrogen-bond acceptors (Lipinski definition) is 3. The van der Waals surface area contributed by atoms with Gasteiger partial charge in [-0.05, 0) is 53.0 Å². The summed E-state index contributed by atoms with van der Waals surface area (Å²) in [5.74, 6) is 0.964. The van der Waals surface area contributed by atoms with Crippen LogP contribution in [0.15, 0.2) is 24.3 Å². The first-order valence-corrected chi connectivity index (χ1v) is 6.66. The summed E-state index contributed by atoms with van der Waals surface area (Å²) in [6, 6.07) is 8.53. The van der Waals surface area contributed by atoms with Crippen LogP contribution in [-0.2, 0) is 0 Å². The Labute approximate surface area is 111 Å². The summed E-state index contributed by atoms with van der Waals surface area (Å²) in [5.41, 5.74) is 1.23. The Hall–Kier alpha value is -1.06. The molecule has 0 saturated carbocycles. The van der Waals surface area contributed by atoms with Crippen molar-refractivity contribution in [2.45, 2.75) is 25.8 Å². The van der Waals surface area contributed by atoms with Crippen molar-refractivity contribution in [1.29, 1.82) is 0 Å². The van der Waals surface area contributed by atoms with Crippen molar-refractivity contribution >= 4 is 0 Å². The van der Waals surface area contributed by atoms with E-state index >= 15 is 0 Å². The fourth-order valence-corrected chi connectivity index (χ4v) is 2.01. The van der Waals surface area contributed by atoms with Crippen molar-refractivity contribution < 1.29 is 4.74 Å². The lowest BCUT2D eigenvalue weighted by Crippen LogP contribution is -2.21. The van der Waals surface area contributed by atoms with Gasteiger partial charge in [0.2, 0.25) is 0 Å². The second-order valence-corrected chi connectivity index (χ2v) is 4.93. The number of unbranched alkanes of at least 4 members (excludes halogenated alkanes) is 1. The molecular weight excluding hydrogens is 224 g/mol. The molecule has 1 aromatic carbocycles. The number of benzene rings is 1. The molecule has 1 aromatic rings. The molecule has 0 aliphatic carbocycles. The molecule has 102 valence electrons. The van der Waals surface area contributed by atoms with Crippen molar-refractivity contribution in [3.63, 3.8) is 0 Å². The molecule has 0 saturated heterocycles. The van der Waals surface area contributed by atoms with E-state index in [0.29, 0.717) is 6.04 Å². The fourth-order valence-electron chi connectivity index (χ4n) is 2.01. The first kappa shape index (κ1) is 15.0. The van der Waals surface area contributed by atoms with Gasteiger partial charge in [-0.15, -0.1) is 0 Å². The third kappa shape index (κ3) is 5.07. The van der Waals surface area contributed by atoms with Gasteiger partial charge >= 0.3 is 0 Å². The fraction of sp³-hybridized carbons (Fsp3) is 0.600. The molecule has 18 heavy (non-hydrogen) atoms. The van der Waals surface area contributed by atoms with Crippen LogP contribution in [0.3, 0.4) is 0 Å². The van der Waals surface area contributed by atoms with Crippen LogP contribution in [0, 0.1) is 0 Å². The molecule has 1 atom stereocenters. The number of methoxy groups -OCH3 is 1. The van der Waals surface area contributed by atoms with E-state index < -0.39 is 0 Å². The summed E-state index contributed by atoms with van der Waals surface area (Å²) < 4.78 is 5.38. The molecule has 0 heterocycles. The van der Waals surface area contributed by atoms with Crippen LogP contribution < -0.4 is 10.1 Å². The van der Waals surface area contributed by atoms with Gasteiger partial charge in [-0.1, -0.05) is 18.2 Å². The second kappa shape index (κ2) is 8.11. The highest BCUT2D eigenvalue weighted by Crippen LogP contribution is 2.24. The van der Waals surface area contributed by atoms with E-state index in [9.17, 15) is 0 Å². The Morgan fingerprint density at radius 3 is 2.61 bits per heavy atom. The topological polar surface area (TPSA) is 24.5 Å². The Balaban J connectivity index is 2.34. The van der Waals surface area contributed by atoms with Gasteiger partial charge < -0.3 is 15.0 Å². The molecule has 1 N–H and O–H groups in total. The number of nitrogens with zero attached hydrogens (tertiary/aromatic N) is 1. The SMILES string of the molecule is COc1ccccc1C(C)NCCCCN(C)C. The van der Waals surface area contributed by atoms with E-state index in [-0.39, 0.29) is 0 Å². The molecule has 1 rings (SSSR count). The van der Waals surface area contributed by atoms with Crippen molar-refractivity contribution in [2.75, 3.05) is 34.3 Å². The molecule has 0 aliphatic heterocycles. The van der Waals surface area contributed by atoms with Crippen molar-refractivity contribution in [3.05, 3.63) is 29.8 Å². The molecule has 3 nitrogen and oxygen atoms in total. The highest BCUT2D eigenvalue weighted by atomic mass is 16.5. The summed E-state index contributed by atoms with van der Waals surface area (Å²) in [5, 5.41) is 3.55. The molecular formula is C15H26N2O. The molecule has 0 aliphatic rings. The van der Waals surface area contributed by atoms with E-state index in [4.69, 9.17) is 4.74 Å². The van der Waals surface area contributed by atoms with Crippen LogP contribution in [0.4, 0.5) is 0 Å². The smallest absolute Gasteiger partial charge is 0.123 e. The summed E-state index contributed by atoms with van der Waals surface area (Å²) in [4.78, 5) is 2.23. The van der Waals surface area contributed by atoms with Gasteiger partial charge in [0.15, 0.2) is 0 Å². The minimum atomic E-state index is 0.334. The number of rotatable bonds is 8. The Morgan fingerprint density at radius 1 is 1.22 bits per heavy atom. The maximum Gasteiger partial charge on any atom is 0.123 e. The van der Waals surface area contributed by atoms with Gasteiger partial charge in [-0.25, -0.2) is 0 Å². The Bertz CT molecular complexity index is 339. The zero-order valence-electron chi connectivity index (χ0n) is 12.1. The van der Waals surface area contributed by atoms with Crippen molar-refractivity contribution in [3.8, 4) is 5.75 Å². The third-order valence-electron chi connectivity index (χ3n) is 3.09. The maximum atomic E-state index is 5.38. The van der Waals surface area contributed by atoms with Crippen LogP contribution in [-0.4, -0.2) is 39.2 Å². The molecule has 0 amide bonds. The van der Waals surface area contributed by atoms with Gasteiger partial charge in [0.05, 0.1) is 7.11 Å². The van der Waals surface area contributed by atoms with E-state index in [2.05, 4.69) is 43.4 Å². The van der Waals surface area contributed by atoms with Crippen LogP contribution >= 0.6 is 0 Å². The highest BCUT2D eigenvalue weighted by Gasteiger charge is 2.09. The first-order chi connectivity index (χ1) is 8.65. The maximum absolute atomic E-state index is 5.38. The lowest BCUT2D eigenvalue weighted by molar-refractivity contribution is 0.385. The largest absolute Gasteiger partial charge is 0.496 e. The number of hydrogen-bond donors (Lipinski definition) is 1. The van der Waals surface area contributed by atoms with Crippen molar-refractivity contribution in [2.24, 2.45) is 0 Å². The number of nitrogens with one attached hydrogen (secondary N) is 1. The quantitative estimate of drug-likeness (QED) is 0.718. The van der Waals surface area contributed by atoms with Crippen LogP contribution in [0.2, 0.25) is 0 Å². The third-order valence-corrected chi connectivity index (χ3v) is 3.09. The number of ether oxygens (including phenoxy) is 1. The summed E-state index contributed by atoms with van der Waals surface area (Å²) in [6.07, 6.45) is 2.44. The standard InChI is InChI=1S/C15H26N2O/c1-13(16-11-7-8-12-17(2)3)14-9-5-6-10-15(14)18-4/h5-6,9-10,13,16H,7-8,11-12H2,1-4H3. The lowest BCUT2D eigenvalue weighted by atomic mass is 10.1. The molecule has 0 fully saturated rings. The molecule has 3 heteroatoms. The van der Waals surface area contributed by atoms with E-state index in [1.165, 1.54) is 18.4 Å². The summed E-state index contributed by atoms with van der Waals surface area (Å²) >= 11 is 0. The Morgan fingerprint density at radius 2 is 1.94 bits per heavy atom. The minimum absolute atomic E-state index is 0.334. The van der Waals surface area contributed by atoms with Gasteiger partial charge in [0, 0.05) is 11.6 Å². The van der Waals surface area contributed by atoms with E-state index in [1.54, 1.807) is 7.11 Å². The molecule has 1 unspecified atom stereocenters. The predicted octanol–water partition coefficient (Wildman–Crippen LogP) is 2.69. The Kier molecular flexibility index (Phi) is 6.76. The predicted molar refractivity (Wildman–Crippen MR) is 77.2 cm³/mol. The van der Waals surface area contributed by atoms with Crippen molar-refractivity contribution in [1.82, 2.24) is 10.2 Å². The average molecular weight is 250 g/mol. The van der Waals surface area contributed by atoms with Gasteiger partial charge in [-0.2, -0.15) is 0 Å². The van der Waals surface area contributed by atoms with Crippen LogP contribution in [0.5, 0.6) is 5.75 Å². The lowest BCUT2D eigenvalue weighted by Gasteiger charge is -2.17. The number of para-hydroxylation sites is 1. The molecule has 0 spiro atoms. The highest BCUT2D eigenvalue weighted by molar-refractivity contribution is 5.35. The summed E-state index contributed by atoms with van der Waals surface area (Å²) in [6.45, 7) is 4.39. The van der Waals surface area contributed by atoms with E-state index in [1.807, 2.05) is 12.1 Å². The van der Waals surface area contributed by atoms with Gasteiger partial charge in [0.25, 0.3) is 0 Å². The monoisotopic (exact) mass is 250 g/mol. The normalized spacial score (nSPS) is 12.7. The average Bonchev–Trinajstić information content (AvgIpc) is 2.37. The van der Waals surface area contributed by atoms with Gasteiger partial charge in [0.1, 0.15) is 5.75 Å². The van der Waals surface area contributed by atoms with Crippen LogP contribution in [0.25, 0.3) is 0 Å². The zero-order chi connectivity index (χ0) is 13.4. The first-order valence-electron chi connectivity index (χ1n) is 6.66. The second-order valence-electron chi connectivity index (χ2n) is 4.93. The van der Waals surface area contributed by atoms with Gasteiger partial charge in [-0.3, -0.25) is 0 Å².